The molecule has 0 atom stereocenters. The highest BCUT2D eigenvalue weighted by Crippen LogP contribution is 2.14. The fourth-order valence-electron chi connectivity index (χ4n) is 1.75. The highest BCUT2D eigenvalue weighted by molar-refractivity contribution is 5.36. The van der Waals surface area contributed by atoms with Crippen molar-refractivity contribution >= 4 is 5.82 Å². The molecule has 4 heteroatoms. The number of hydrogen-bond acceptors (Lipinski definition) is 4. The molecule has 0 radical (unpaired) electrons. The van der Waals surface area contributed by atoms with Gasteiger partial charge >= 0.3 is 0 Å². The standard InChI is InChI=1S/C16H21N3O/c1-19(2)10-11-20-15-7-5-6-14(12-15)13-18-16-8-3-4-9-17-16/h3-9,12H,10-11,13H2,1-2H3,(H,17,18). The Labute approximate surface area is 120 Å². The smallest absolute Gasteiger partial charge is 0.126 e. The minimum absolute atomic E-state index is 0.699. The molecule has 1 aromatic heterocycles. The van der Waals surface area contributed by atoms with Crippen molar-refractivity contribution in [2.75, 3.05) is 32.6 Å². The Morgan fingerprint density at radius 3 is 2.80 bits per heavy atom. The number of pyridine rings is 1. The van der Waals surface area contributed by atoms with Gasteiger partial charge in [0.25, 0.3) is 0 Å². The molecule has 0 bridgehead atoms. The van der Waals surface area contributed by atoms with Gasteiger partial charge in [-0.15, -0.1) is 0 Å². The van der Waals surface area contributed by atoms with Crippen LogP contribution in [0.4, 0.5) is 5.82 Å². The normalized spacial score (nSPS) is 10.6. The third-order valence-electron chi connectivity index (χ3n) is 2.84. The van der Waals surface area contributed by atoms with Crippen LogP contribution in [-0.2, 0) is 6.54 Å². The number of aromatic nitrogens is 1. The van der Waals surface area contributed by atoms with E-state index < -0.39 is 0 Å². The van der Waals surface area contributed by atoms with Gasteiger partial charge in [0.1, 0.15) is 18.2 Å². The second kappa shape index (κ2) is 7.50. The van der Waals surface area contributed by atoms with Crippen LogP contribution in [-0.4, -0.2) is 37.1 Å². The molecular formula is C16H21N3O. The maximum Gasteiger partial charge on any atom is 0.126 e. The van der Waals surface area contributed by atoms with Crippen LogP contribution in [0.25, 0.3) is 0 Å². The summed E-state index contributed by atoms with van der Waals surface area (Å²) in [7, 11) is 4.08. The van der Waals surface area contributed by atoms with Crippen LogP contribution in [0, 0.1) is 0 Å². The van der Waals surface area contributed by atoms with E-state index in [-0.39, 0.29) is 0 Å². The first-order valence-corrected chi connectivity index (χ1v) is 6.75. The number of anilines is 1. The molecule has 4 nitrogen and oxygen atoms in total. The highest BCUT2D eigenvalue weighted by Gasteiger charge is 1.99. The van der Waals surface area contributed by atoms with Crippen LogP contribution in [0.1, 0.15) is 5.56 Å². The largest absolute Gasteiger partial charge is 0.492 e. The predicted octanol–water partition coefficient (Wildman–Crippen LogP) is 2.63. The van der Waals surface area contributed by atoms with E-state index in [9.17, 15) is 0 Å². The lowest BCUT2D eigenvalue weighted by Crippen LogP contribution is -2.19. The molecular weight excluding hydrogens is 250 g/mol. The summed E-state index contributed by atoms with van der Waals surface area (Å²) < 4.78 is 5.72. The molecule has 0 fully saturated rings. The zero-order chi connectivity index (χ0) is 14.2. The van der Waals surface area contributed by atoms with Crippen LogP contribution in [0.5, 0.6) is 5.75 Å². The maximum absolute atomic E-state index is 5.72. The molecule has 0 amide bonds. The van der Waals surface area contributed by atoms with Gasteiger partial charge in [-0.1, -0.05) is 18.2 Å². The summed E-state index contributed by atoms with van der Waals surface area (Å²) in [6.45, 7) is 2.35. The van der Waals surface area contributed by atoms with Gasteiger partial charge in [0.15, 0.2) is 0 Å². The molecule has 1 aromatic carbocycles. The molecule has 0 saturated heterocycles. The number of hydrogen-bond donors (Lipinski definition) is 1. The molecule has 1 N–H and O–H groups in total. The summed E-state index contributed by atoms with van der Waals surface area (Å²) in [6, 6.07) is 14.0. The number of benzene rings is 1. The molecule has 2 aromatic rings. The predicted molar refractivity (Wildman–Crippen MR) is 82.1 cm³/mol. The Balaban J connectivity index is 1.86. The molecule has 2 rings (SSSR count). The van der Waals surface area contributed by atoms with Gasteiger partial charge in [-0.05, 0) is 43.9 Å². The fraction of sp³-hybridized carbons (Fsp3) is 0.312. The van der Waals surface area contributed by atoms with Crippen molar-refractivity contribution in [3.05, 3.63) is 54.2 Å². The Morgan fingerprint density at radius 2 is 2.05 bits per heavy atom. The van der Waals surface area contributed by atoms with E-state index in [1.54, 1.807) is 6.20 Å². The van der Waals surface area contributed by atoms with Gasteiger partial charge in [0, 0.05) is 19.3 Å². The molecule has 0 unspecified atom stereocenters. The molecule has 106 valence electrons. The summed E-state index contributed by atoms with van der Waals surface area (Å²) in [6.07, 6.45) is 1.78. The second-order valence-corrected chi connectivity index (χ2v) is 4.87. The van der Waals surface area contributed by atoms with Gasteiger partial charge in [-0.25, -0.2) is 4.98 Å². The maximum atomic E-state index is 5.72. The Kier molecular flexibility index (Phi) is 5.38. The average molecular weight is 271 g/mol. The van der Waals surface area contributed by atoms with Crippen LogP contribution in [0.3, 0.4) is 0 Å². The minimum Gasteiger partial charge on any atom is -0.492 e. The van der Waals surface area contributed by atoms with Crippen LogP contribution in [0.2, 0.25) is 0 Å². The van der Waals surface area contributed by atoms with Crippen LogP contribution < -0.4 is 10.1 Å². The lowest BCUT2D eigenvalue weighted by molar-refractivity contribution is 0.261. The molecule has 0 spiro atoms. The van der Waals surface area contributed by atoms with Gasteiger partial charge in [0.2, 0.25) is 0 Å². The number of nitrogens with one attached hydrogen (secondary N) is 1. The first-order chi connectivity index (χ1) is 9.74. The quantitative estimate of drug-likeness (QED) is 0.840. The van der Waals surface area contributed by atoms with E-state index >= 15 is 0 Å². The van der Waals surface area contributed by atoms with E-state index in [1.165, 1.54) is 5.56 Å². The third-order valence-corrected chi connectivity index (χ3v) is 2.84. The zero-order valence-electron chi connectivity index (χ0n) is 12.0. The van der Waals surface area contributed by atoms with Gasteiger partial charge in [-0.2, -0.15) is 0 Å². The summed E-state index contributed by atoms with van der Waals surface area (Å²) in [5, 5.41) is 3.29. The number of ether oxygens (including phenoxy) is 1. The zero-order valence-corrected chi connectivity index (χ0v) is 12.0. The molecule has 0 aliphatic carbocycles. The second-order valence-electron chi connectivity index (χ2n) is 4.87. The van der Waals surface area contributed by atoms with Gasteiger partial charge in [-0.3, -0.25) is 0 Å². The van der Waals surface area contributed by atoms with Crippen molar-refractivity contribution in [3.63, 3.8) is 0 Å². The molecule has 0 saturated carbocycles. The lowest BCUT2D eigenvalue weighted by atomic mass is 10.2. The Hall–Kier alpha value is -2.07. The average Bonchev–Trinajstić information content (AvgIpc) is 2.46. The van der Waals surface area contributed by atoms with Crippen LogP contribution in [0.15, 0.2) is 48.7 Å². The summed E-state index contributed by atoms with van der Waals surface area (Å²) in [5.74, 6) is 1.79. The first-order valence-electron chi connectivity index (χ1n) is 6.75. The fourth-order valence-corrected chi connectivity index (χ4v) is 1.75. The van der Waals surface area contributed by atoms with E-state index in [4.69, 9.17) is 4.74 Å². The molecule has 0 aliphatic rings. The third kappa shape index (κ3) is 4.90. The highest BCUT2D eigenvalue weighted by atomic mass is 16.5. The molecule has 0 aliphatic heterocycles. The summed E-state index contributed by atoms with van der Waals surface area (Å²) >= 11 is 0. The summed E-state index contributed by atoms with van der Waals surface area (Å²) in [5.41, 5.74) is 1.18. The number of nitrogens with zero attached hydrogens (tertiary/aromatic N) is 2. The van der Waals surface area contributed by atoms with Gasteiger partial charge in [0.05, 0.1) is 0 Å². The molecule has 20 heavy (non-hydrogen) atoms. The monoisotopic (exact) mass is 271 g/mol. The topological polar surface area (TPSA) is 37.4 Å². The summed E-state index contributed by atoms with van der Waals surface area (Å²) in [4.78, 5) is 6.34. The Bertz CT molecular complexity index is 514. The van der Waals surface area contributed by atoms with Crippen LogP contribution >= 0.6 is 0 Å². The lowest BCUT2D eigenvalue weighted by Gasteiger charge is -2.12. The van der Waals surface area contributed by atoms with Crippen molar-refractivity contribution in [1.82, 2.24) is 9.88 Å². The van der Waals surface area contributed by atoms with Crippen molar-refractivity contribution in [2.45, 2.75) is 6.54 Å². The molecule has 1 heterocycles. The van der Waals surface area contributed by atoms with E-state index in [2.05, 4.69) is 27.3 Å². The van der Waals surface area contributed by atoms with Crippen molar-refractivity contribution in [3.8, 4) is 5.75 Å². The number of rotatable bonds is 7. The SMILES string of the molecule is CN(C)CCOc1cccc(CNc2ccccn2)c1. The van der Waals surface area contributed by atoms with E-state index in [1.807, 2.05) is 44.4 Å². The van der Waals surface area contributed by atoms with E-state index in [0.717, 1.165) is 24.7 Å². The Morgan fingerprint density at radius 1 is 1.15 bits per heavy atom. The first kappa shape index (κ1) is 14.3. The minimum atomic E-state index is 0.699. The van der Waals surface area contributed by atoms with Gasteiger partial charge < -0.3 is 15.0 Å². The van der Waals surface area contributed by atoms with E-state index in [0.29, 0.717) is 6.61 Å². The van der Waals surface area contributed by atoms with Crippen molar-refractivity contribution in [1.29, 1.82) is 0 Å². The van der Waals surface area contributed by atoms with Crippen molar-refractivity contribution < 1.29 is 4.74 Å². The van der Waals surface area contributed by atoms with Crippen molar-refractivity contribution in [2.24, 2.45) is 0 Å². The number of likely N-dealkylation sites (N-methyl/N-ethyl adjacent to an activating group) is 1.